The Bertz CT molecular complexity index is 611. The summed E-state index contributed by atoms with van der Waals surface area (Å²) in [7, 11) is 1.24. The second-order valence-electron chi connectivity index (χ2n) is 6.31. The van der Waals surface area contributed by atoms with Gasteiger partial charge in [0.1, 0.15) is 11.6 Å². The monoisotopic (exact) mass is 348 g/mol. The molecule has 7 heteroatoms. The van der Waals surface area contributed by atoms with Crippen LogP contribution in [0, 0.1) is 0 Å². The number of benzene rings is 1. The first-order chi connectivity index (χ1) is 12.0. The summed E-state index contributed by atoms with van der Waals surface area (Å²) in [6.07, 6.45) is 2.96. The summed E-state index contributed by atoms with van der Waals surface area (Å²) < 4.78 is 4.63. The molecule has 7 nitrogen and oxygen atoms in total. The van der Waals surface area contributed by atoms with E-state index in [0.717, 1.165) is 24.8 Å². The summed E-state index contributed by atoms with van der Waals surface area (Å²) >= 11 is 0. The van der Waals surface area contributed by atoms with E-state index >= 15 is 0 Å². The number of carboxylic acid groups (broad SMARTS) is 1. The zero-order valence-electron chi connectivity index (χ0n) is 14.3. The van der Waals surface area contributed by atoms with Crippen LogP contribution in [0.4, 0.5) is 4.79 Å². The molecule has 1 aliphatic rings. The topological polar surface area (TPSA) is 105 Å². The predicted molar refractivity (Wildman–Crippen MR) is 91.1 cm³/mol. The van der Waals surface area contributed by atoms with Crippen LogP contribution in [-0.4, -0.2) is 41.8 Å². The van der Waals surface area contributed by atoms with E-state index in [2.05, 4.69) is 15.4 Å². The van der Waals surface area contributed by atoms with Crippen LogP contribution in [0.5, 0.6) is 0 Å². The molecule has 1 atom stereocenters. The molecule has 0 heterocycles. The molecule has 1 saturated carbocycles. The van der Waals surface area contributed by atoms with Gasteiger partial charge in [-0.25, -0.2) is 9.59 Å². The van der Waals surface area contributed by atoms with Crippen molar-refractivity contribution in [2.45, 2.75) is 50.1 Å². The van der Waals surface area contributed by atoms with Crippen molar-refractivity contribution in [3.05, 3.63) is 35.9 Å². The smallest absolute Gasteiger partial charge is 0.407 e. The average molecular weight is 348 g/mol. The highest BCUT2D eigenvalue weighted by atomic mass is 16.5. The highest BCUT2D eigenvalue weighted by Gasteiger charge is 2.42. The molecule has 1 aliphatic carbocycles. The second kappa shape index (κ2) is 8.50. The van der Waals surface area contributed by atoms with Crippen LogP contribution in [0.15, 0.2) is 30.3 Å². The van der Waals surface area contributed by atoms with E-state index in [4.69, 9.17) is 0 Å². The summed E-state index contributed by atoms with van der Waals surface area (Å²) in [5.41, 5.74) is -0.302. The molecule has 1 aromatic carbocycles. The van der Waals surface area contributed by atoms with Gasteiger partial charge in [0.05, 0.1) is 7.11 Å². The van der Waals surface area contributed by atoms with E-state index in [0.29, 0.717) is 12.8 Å². The summed E-state index contributed by atoms with van der Waals surface area (Å²) in [6, 6.07) is 8.04. The fourth-order valence-electron chi connectivity index (χ4n) is 3.16. The van der Waals surface area contributed by atoms with Gasteiger partial charge in [0.2, 0.25) is 5.91 Å². The molecule has 0 unspecified atom stereocenters. The molecule has 2 amide bonds. The van der Waals surface area contributed by atoms with Crippen LogP contribution in [0.3, 0.4) is 0 Å². The third-order valence-corrected chi connectivity index (χ3v) is 4.55. The van der Waals surface area contributed by atoms with Crippen molar-refractivity contribution < 1.29 is 24.2 Å². The van der Waals surface area contributed by atoms with Crippen molar-refractivity contribution in [3.63, 3.8) is 0 Å². The van der Waals surface area contributed by atoms with Gasteiger partial charge < -0.3 is 20.5 Å². The van der Waals surface area contributed by atoms with Crippen LogP contribution in [0.2, 0.25) is 0 Å². The lowest BCUT2D eigenvalue weighted by molar-refractivity contribution is -0.143. The number of carboxylic acids is 1. The van der Waals surface area contributed by atoms with E-state index in [1.54, 1.807) is 0 Å². The van der Waals surface area contributed by atoms with E-state index in [1.165, 1.54) is 7.11 Å². The fraction of sp³-hybridized carbons (Fsp3) is 0.500. The Balaban J connectivity index is 2.13. The van der Waals surface area contributed by atoms with E-state index < -0.39 is 29.6 Å². The number of nitrogens with one attached hydrogen (secondary N) is 2. The molecule has 1 aromatic rings. The number of aliphatic carboxylic acids is 1. The Labute approximate surface area is 146 Å². The molecular formula is C18H24N2O5. The quantitative estimate of drug-likeness (QED) is 0.728. The number of carbonyl (C=O) groups is 3. The maximum Gasteiger partial charge on any atom is 0.407 e. The number of ether oxygens (including phenoxy) is 1. The molecule has 1 fully saturated rings. The molecular weight excluding hydrogens is 324 g/mol. The van der Waals surface area contributed by atoms with Crippen LogP contribution >= 0.6 is 0 Å². The van der Waals surface area contributed by atoms with Crippen molar-refractivity contribution in [1.82, 2.24) is 10.6 Å². The molecule has 0 spiro atoms. The molecule has 0 aromatic heterocycles. The molecule has 2 rings (SSSR count). The molecule has 25 heavy (non-hydrogen) atoms. The van der Waals surface area contributed by atoms with Crippen LogP contribution in [0.25, 0.3) is 0 Å². The number of methoxy groups -OCH3 is 1. The Morgan fingerprint density at radius 2 is 1.80 bits per heavy atom. The summed E-state index contributed by atoms with van der Waals surface area (Å²) in [4.78, 5) is 36.1. The zero-order valence-corrected chi connectivity index (χ0v) is 14.3. The van der Waals surface area contributed by atoms with Gasteiger partial charge in [-0.05, 0) is 18.4 Å². The van der Waals surface area contributed by atoms with Crippen LogP contribution in [0.1, 0.15) is 37.7 Å². The Hall–Kier alpha value is -2.57. The van der Waals surface area contributed by atoms with Gasteiger partial charge in [-0.2, -0.15) is 0 Å². The number of alkyl carbamates (subject to hydrolysis) is 1. The van der Waals surface area contributed by atoms with Gasteiger partial charge >= 0.3 is 12.1 Å². The lowest BCUT2D eigenvalue weighted by atomic mass is 9.80. The summed E-state index contributed by atoms with van der Waals surface area (Å²) in [5.74, 6) is -1.58. The Kier molecular flexibility index (Phi) is 6.38. The summed E-state index contributed by atoms with van der Waals surface area (Å²) in [5, 5.41) is 14.7. The molecule has 0 bridgehead atoms. The van der Waals surface area contributed by atoms with Crippen molar-refractivity contribution in [2.24, 2.45) is 0 Å². The van der Waals surface area contributed by atoms with Crippen molar-refractivity contribution in [1.29, 1.82) is 0 Å². The van der Waals surface area contributed by atoms with Crippen LogP contribution in [-0.2, 0) is 20.7 Å². The van der Waals surface area contributed by atoms with Crippen molar-refractivity contribution in [3.8, 4) is 0 Å². The van der Waals surface area contributed by atoms with Gasteiger partial charge in [0.15, 0.2) is 0 Å². The maximum atomic E-state index is 12.8. The third kappa shape index (κ3) is 4.95. The number of hydrogen-bond acceptors (Lipinski definition) is 4. The van der Waals surface area contributed by atoms with E-state index in [9.17, 15) is 19.5 Å². The van der Waals surface area contributed by atoms with Crippen molar-refractivity contribution in [2.75, 3.05) is 7.11 Å². The summed E-state index contributed by atoms with van der Waals surface area (Å²) in [6.45, 7) is 0. The Morgan fingerprint density at radius 3 is 2.36 bits per heavy atom. The number of hydrogen-bond donors (Lipinski definition) is 3. The van der Waals surface area contributed by atoms with E-state index in [-0.39, 0.29) is 6.42 Å². The lowest BCUT2D eigenvalue weighted by Gasteiger charge is -2.36. The van der Waals surface area contributed by atoms with Gasteiger partial charge in [-0.1, -0.05) is 49.6 Å². The fourth-order valence-corrected chi connectivity index (χ4v) is 3.16. The molecule has 136 valence electrons. The standard InChI is InChI=1S/C18H24N2O5/c1-25-17(24)20-18(10-6-3-7-11-18)16(23)19-14(15(21)22)12-13-8-4-2-5-9-13/h2,4-5,8-9,14H,3,6-7,10-12H2,1H3,(H,19,23)(H,20,24)(H,21,22)/t14-/m0/s1. The third-order valence-electron chi connectivity index (χ3n) is 4.55. The second-order valence-corrected chi connectivity index (χ2v) is 6.31. The first-order valence-corrected chi connectivity index (χ1v) is 8.41. The van der Waals surface area contributed by atoms with Gasteiger partial charge in [-0.15, -0.1) is 0 Å². The van der Waals surface area contributed by atoms with Gasteiger partial charge in [0, 0.05) is 6.42 Å². The maximum absolute atomic E-state index is 12.8. The number of rotatable bonds is 6. The molecule has 3 N–H and O–H groups in total. The Morgan fingerprint density at radius 1 is 1.16 bits per heavy atom. The van der Waals surface area contributed by atoms with Crippen molar-refractivity contribution >= 4 is 18.0 Å². The zero-order chi connectivity index (χ0) is 18.3. The SMILES string of the molecule is COC(=O)NC1(C(=O)N[C@@H](Cc2ccccc2)C(=O)O)CCCCC1. The lowest BCUT2D eigenvalue weighted by Crippen LogP contribution is -2.62. The molecule has 0 aliphatic heterocycles. The normalized spacial score (nSPS) is 17.2. The largest absolute Gasteiger partial charge is 0.480 e. The van der Waals surface area contributed by atoms with Gasteiger partial charge in [0.25, 0.3) is 0 Å². The van der Waals surface area contributed by atoms with Gasteiger partial charge in [-0.3, -0.25) is 4.79 Å². The molecule has 0 radical (unpaired) electrons. The molecule has 0 saturated heterocycles. The predicted octanol–water partition coefficient (Wildman–Crippen LogP) is 1.86. The highest BCUT2D eigenvalue weighted by molar-refractivity contribution is 5.92. The van der Waals surface area contributed by atoms with E-state index in [1.807, 2.05) is 30.3 Å². The number of carbonyl (C=O) groups excluding carboxylic acids is 2. The average Bonchev–Trinajstić information content (AvgIpc) is 2.62. The first-order valence-electron chi connectivity index (χ1n) is 8.41. The number of amides is 2. The minimum absolute atomic E-state index is 0.177. The first kappa shape index (κ1) is 18.8. The minimum Gasteiger partial charge on any atom is -0.480 e. The highest BCUT2D eigenvalue weighted by Crippen LogP contribution is 2.29. The minimum atomic E-state index is -1.12. The van der Waals surface area contributed by atoms with Crippen LogP contribution < -0.4 is 10.6 Å².